The minimum absolute atomic E-state index is 0.576. The molecule has 0 bridgehead atoms. The molecule has 0 atom stereocenters. The van der Waals surface area contributed by atoms with Gasteiger partial charge in [0.2, 0.25) is 5.88 Å². The van der Waals surface area contributed by atoms with Gasteiger partial charge in [0.25, 0.3) is 0 Å². The Kier molecular flexibility index (Phi) is 5.02. The standard InChI is InChI=1S/C14H14Cl2N2O/c1-19-13-6-5-10(8-18-13)7-17-9-11-3-2-4-12(15)14(11)16/h2-6,8,17H,7,9H2,1H3. The summed E-state index contributed by atoms with van der Waals surface area (Å²) in [4.78, 5) is 4.15. The Bertz CT molecular complexity index is 544. The molecule has 2 rings (SSSR count). The number of pyridine rings is 1. The molecule has 0 spiro atoms. The van der Waals surface area contributed by atoms with E-state index >= 15 is 0 Å². The van der Waals surface area contributed by atoms with Crippen LogP contribution in [0.5, 0.6) is 5.88 Å². The van der Waals surface area contributed by atoms with Crippen LogP contribution in [-0.2, 0) is 13.1 Å². The van der Waals surface area contributed by atoms with E-state index in [2.05, 4.69) is 10.3 Å². The molecule has 5 heteroatoms. The van der Waals surface area contributed by atoms with Gasteiger partial charge >= 0.3 is 0 Å². The highest BCUT2D eigenvalue weighted by Crippen LogP contribution is 2.25. The number of hydrogen-bond donors (Lipinski definition) is 1. The topological polar surface area (TPSA) is 34.1 Å². The summed E-state index contributed by atoms with van der Waals surface area (Å²) in [5.41, 5.74) is 2.06. The zero-order valence-corrected chi connectivity index (χ0v) is 12.0. The second-order valence-electron chi connectivity index (χ2n) is 4.03. The normalized spacial score (nSPS) is 10.5. The average molecular weight is 297 g/mol. The van der Waals surface area contributed by atoms with Crippen molar-refractivity contribution in [3.63, 3.8) is 0 Å². The van der Waals surface area contributed by atoms with E-state index in [4.69, 9.17) is 27.9 Å². The first kappa shape index (κ1) is 14.1. The maximum Gasteiger partial charge on any atom is 0.212 e. The summed E-state index contributed by atoms with van der Waals surface area (Å²) in [6.45, 7) is 1.37. The van der Waals surface area contributed by atoms with Gasteiger partial charge in [-0.05, 0) is 17.2 Å². The van der Waals surface area contributed by atoms with E-state index in [-0.39, 0.29) is 0 Å². The van der Waals surface area contributed by atoms with Crippen molar-refractivity contribution in [2.45, 2.75) is 13.1 Å². The zero-order valence-electron chi connectivity index (χ0n) is 10.5. The Morgan fingerprint density at radius 3 is 2.68 bits per heavy atom. The number of benzene rings is 1. The molecule has 0 aliphatic rings. The van der Waals surface area contributed by atoms with Crippen molar-refractivity contribution in [3.05, 3.63) is 57.7 Å². The molecular formula is C14H14Cl2N2O. The quantitative estimate of drug-likeness (QED) is 0.914. The lowest BCUT2D eigenvalue weighted by molar-refractivity contribution is 0.397. The van der Waals surface area contributed by atoms with Gasteiger partial charge in [0.15, 0.2) is 0 Å². The number of nitrogens with zero attached hydrogens (tertiary/aromatic N) is 1. The summed E-state index contributed by atoms with van der Waals surface area (Å²) < 4.78 is 5.01. The minimum atomic E-state index is 0.576. The van der Waals surface area contributed by atoms with E-state index in [0.717, 1.165) is 11.1 Å². The van der Waals surface area contributed by atoms with Crippen LogP contribution in [0.2, 0.25) is 10.0 Å². The first-order valence-electron chi connectivity index (χ1n) is 5.83. The van der Waals surface area contributed by atoms with Crippen molar-refractivity contribution in [3.8, 4) is 5.88 Å². The van der Waals surface area contributed by atoms with Crippen molar-refractivity contribution < 1.29 is 4.74 Å². The fourth-order valence-electron chi connectivity index (χ4n) is 1.66. The van der Waals surface area contributed by atoms with Crippen LogP contribution in [0, 0.1) is 0 Å². The molecule has 0 saturated heterocycles. The molecule has 100 valence electrons. The molecule has 0 aliphatic heterocycles. The smallest absolute Gasteiger partial charge is 0.212 e. The Hall–Kier alpha value is -1.29. The van der Waals surface area contributed by atoms with Crippen LogP contribution >= 0.6 is 23.2 Å². The Labute approximate surface area is 122 Å². The molecule has 19 heavy (non-hydrogen) atoms. The molecule has 1 aromatic heterocycles. The van der Waals surface area contributed by atoms with Crippen molar-refractivity contribution >= 4 is 23.2 Å². The number of aromatic nitrogens is 1. The van der Waals surface area contributed by atoms with Gasteiger partial charge < -0.3 is 10.1 Å². The van der Waals surface area contributed by atoms with Crippen LogP contribution in [0.1, 0.15) is 11.1 Å². The molecule has 0 fully saturated rings. The largest absolute Gasteiger partial charge is 0.481 e. The van der Waals surface area contributed by atoms with Crippen LogP contribution in [0.25, 0.3) is 0 Å². The molecule has 2 aromatic rings. The minimum Gasteiger partial charge on any atom is -0.481 e. The van der Waals surface area contributed by atoms with E-state index < -0.39 is 0 Å². The molecule has 1 aromatic carbocycles. The van der Waals surface area contributed by atoms with Crippen LogP contribution in [0.3, 0.4) is 0 Å². The van der Waals surface area contributed by atoms with Gasteiger partial charge in [-0.3, -0.25) is 0 Å². The summed E-state index contributed by atoms with van der Waals surface area (Å²) in [5, 5.41) is 4.48. The number of hydrogen-bond acceptors (Lipinski definition) is 3. The SMILES string of the molecule is COc1ccc(CNCc2cccc(Cl)c2Cl)cn1. The predicted octanol–water partition coefficient (Wildman–Crippen LogP) is 3.69. The summed E-state index contributed by atoms with van der Waals surface area (Å²) in [5.74, 6) is 0.613. The molecule has 0 unspecified atom stereocenters. The number of halogens is 2. The first-order chi connectivity index (χ1) is 9.20. The maximum absolute atomic E-state index is 6.11. The summed E-state index contributed by atoms with van der Waals surface area (Å²) in [7, 11) is 1.60. The predicted molar refractivity (Wildman–Crippen MR) is 77.8 cm³/mol. The van der Waals surface area contributed by atoms with Gasteiger partial charge in [-0.2, -0.15) is 0 Å². The third kappa shape index (κ3) is 3.83. The van der Waals surface area contributed by atoms with Gasteiger partial charge in [0.1, 0.15) is 0 Å². The highest BCUT2D eigenvalue weighted by molar-refractivity contribution is 6.42. The first-order valence-corrected chi connectivity index (χ1v) is 6.59. The summed E-state index contributed by atoms with van der Waals surface area (Å²) in [6, 6.07) is 9.43. The Morgan fingerprint density at radius 1 is 1.16 bits per heavy atom. The number of nitrogens with one attached hydrogen (secondary N) is 1. The van der Waals surface area contributed by atoms with Crippen LogP contribution < -0.4 is 10.1 Å². The summed E-state index contributed by atoms with van der Waals surface area (Å²) >= 11 is 12.1. The Morgan fingerprint density at radius 2 is 2.00 bits per heavy atom. The van der Waals surface area contributed by atoms with Crippen molar-refractivity contribution in [2.75, 3.05) is 7.11 Å². The van der Waals surface area contributed by atoms with Gasteiger partial charge in [-0.15, -0.1) is 0 Å². The van der Waals surface area contributed by atoms with Crippen LogP contribution in [-0.4, -0.2) is 12.1 Å². The average Bonchev–Trinajstić information content (AvgIpc) is 2.44. The molecule has 0 amide bonds. The Balaban J connectivity index is 1.90. The van der Waals surface area contributed by atoms with E-state index in [1.54, 1.807) is 19.4 Å². The molecule has 3 nitrogen and oxygen atoms in total. The molecule has 1 N–H and O–H groups in total. The van der Waals surface area contributed by atoms with Gasteiger partial charge in [0, 0.05) is 25.4 Å². The van der Waals surface area contributed by atoms with Crippen LogP contribution in [0.4, 0.5) is 0 Å². The third-order valence-electron chi connectivity index (χ3n) is 2.68. The number of rotatable bonds is 5. The third-order valence-corrected chi connectivity index (χ3v) is 3.54. The van der Waals surface area contributed by atoms with Gasteiger partial charge in [-0.1, -0.05) is 41.4 Å². The fourth-order valence-corrected chi connectivity index (χ4v) is 2.05. The van der Waals surface area contributed by atoms with E-state index in [9.17, 15) is 0 Å². The monoisotopic (exact) mass is 296 g/mol. The lowest BCUT2D eigenvalue weighted by Crippen LogP contribution is -2.13. The van der Waals surface area contributed by atoms with E-state index in [0.29, 0.717) is 29.0 Å². The van der Waals surface area contributed by atoms with Crippen LogP contribution in [0.15, 0.2) is 36.5 Å². The van der Waals surface area contributed by atoms with Crippen molar-refractivity contribution in [1.29, 1.82) is 0 Å². The maximum atomic E-state index is 6.11. The lowest BCUT2D eigenvalue weighted by atomic mass is 10.2. The van der Waals surface area contributed by atoms with Crippen molar-refractivity contribution in [1.82, 2.24) is 10.3 Å². The second-order valence-corrected chi connectivity index (χ2v) is 4.81. The fraction of sp³-hybridized carbons (Fsp3) is 0.214. The van der Waals surface area contributed by atoms with Gasteiger partial charge in [0.05, 0.1) is 17.2 Å². The second kappa shape index (κ2) is 6.75. The highest BCUT2D eigenvalue weighted by Gasteiger charge is 2.03. The van der Waals surface area contributed by atoms with E-state index in [1.807, 2.05) is 24.3 Å². The lowest BCUT2D eigenvalue weighted by Gasteiger charge is -2.08. The number of ether oxygens (including phenoxy) is 1. The molecular weight excluding hydrogens is 283 g/mol. The van der Waals surface area contributed by atoms with E-state index in [1.165, 1.54) is 0 Å². The molecule has 1 heterocycles. The molecule has 0 radical (unpaired) electrons. The van der Waals surface area contributed by atoms with Gasteiger partial charge in [-0.25, -0.2) is 4.98 Å². The molecule has 0 aliphatic carbocycles. The summed E-state index contributed by atoms with van der Waals surface area (Å²) in [6.07, 6.45) is 1.78. The molecule has 0 saturated carbocycles. The zero-order chi connectivity index (χ0) is 13.7. The number of methoxy groups -OCH3 is 1. The van der Waals surface area contributed by atoms with Crippen molar-refractivity contribution in [2.24, 2.45) is 0 Å². The highest BCUT2D eigenvalue weighted by atomic mass is 35.5.